The van der Waals surface area contributed by atoms with Gasteiger partial charge < -0.3 is 15.2 Å². The van der Waals surface area contributed by atoms with Crippen molar-refractivity contribution in [2.24, 2.45) is 5.84 Å². The number of rotatable bonds is 7. The predicted molar refractivity (Wildman–Crippen MR) is 76.8 cm³/mol. The van der Waals surface area contributed by atoms with Crippen LogP contribution < -0.4 is 11.3 Å². The molecule has 0 aliphatic carbocycles. The Balaban J connectivity index is 2.66. The molecule has 19 heavy (non-hydrogen) atoms. The van der Waals surface area contributed by atoms with Crippen molar-refractivity contribution >= 4 is 11.7 Å². The van der Waals surface area contributed by atoms with Crippen molar-refractivity contribution in [3.05, 3.63) is 23.9 Å². The van der Waals surface area contributed by atoms with Crippen molar-refractivity contribution < 1.29 is 4.79 Å². The maximum absolute atomic E-state index is 12.3. The van der Waals surface area contributed by atoms with Crippen LogP contribution in [0.25, 0.3) is 0 Å². The molecule has 0 saturated carbocycles. The molecule has 1 rings (SSSR count). The van der Waals surface area contributed by atoms with Crippen LogP contribution >= 0.6 is 0 Å². The normalized spacial score (nSPS) is 10.6. The fourth-order valence-corrected chi connectivity index (χ4v) is 1.78. The molecule has 106 valence electrons. The van der Waals surface area contributed by atoms with Gasteiger partial charge in [0, 0.05) is 13.1 Å². The van der Waals surface area contributed by atoms with E-state index in [1.165, 1.54) is 0 Å². The summed E-state index contributed by atoms with van der Waals surface area (Å²) in [5.41, 5.74) is 2.87. The van der Waals surface area contributed by atoms with Crippen LogP contribution in [0.1, 0.15) is 23.8 Å². The topological polar surface area (TPSA) is 74.5 Å². The van der Waals surface area contributed by atoms with Gasteiger partial charge in [0.05, 0.1) is 0 Å². The van der Waals surface area contributed by atoms with E-state index in [0.717, 1.165) is 19.5 Å². The van der Waals surface area contributed by atoms with Crippen molar-refractivity contribution in [2.45, 2.75) is 13.3 Å². The van der Waals surface area contributed by atoms with Gasteiger partial charge >= 0.3 is 0 Å². The number of carbonyl (C=O) groups is 1. The van der Waals surface area contributed by atoms with E-state index in [9.17, 15) is 4.79 Å². The first kappa shape index (κ1) is 15.4. The van der Waals surface area contributed by atoms with Crippen LogP contribution in [-0.4, -0.2) is 54.4 Å². The first-order valence-corrected chi connectivity index (χ1v) is 6.46. The van der Waals surface area contributed by atoms with Crippen LogP contribution in [0, 0.1) is 0 Å². The number of nitrogens with two attached hydrogens (primary N) is 1. The van der Waals surface area contributed by atoms with Gasteiger partial charge in [-0.15, -0.1) is 0 Å². The number of hydrogen-bond donors (Lipinski definition) is 2. The number of carbonyl (C=O) groups excluding carboxylic acids is 1. The summed E-state index contributed by atoms with van der Waals surface area (Å²) in [6.45, 7) is 4.34. The van der Waals surface area contributed by atoms with Crippen molar-refractivity contribution in [3.8, 4) is 0 Å². The molecular formula is C13H23N5O. The number of aromatic nitrogens is 1. The zero-order valence-corrected chi connectivity index (χ0v) is 11.9. The third kappa shape index (κ3) is 4.84. The van der Waals surface area contributed by atoms with Crippen LogP contribution in [0.2, 0.25) is 0 Å². The first-order chi connectivity index (χ1) is 9.08. The Morgan fingerprint density at radius 1 is 1.37 bits per heavy atom. The molecule has 6 nitrogen and oxygen atoms in total. The summed E-state index contributed by atoms with van der Waals surface area (Å²) in [5, 5.41) is 0. The summed E-state index contributed by atoms with van der Waals surface area (Å²) in [6.07, 6.45) is 0.946. The zero-order valence-electron chi connectivity index (χ0n) is 11.9. The minimum atomic E-state index is -0.0571. The fourth-order valence-electron chi connectivity index (χ4n) is 1.78. The van der Waals surface area contributed by atoms with Crippen molar-refractivity contribution in [2.75, 3.05) is 39.2 Å². The summed E-state index contributed by atoms with van der Waals surface area (Å²) in [4.78, 5) is 20.4. The van der Waals surface area contributed by atoms with Crippen molar-refractivity contribution in [1.82, 2.24) is 14.8 Å². The van der Waals surface area contributed by atoms with Crippen molar-refractivity contribution in [3.63, 3.8) is 0 Å². The van der Waals surface area contributed by atoms with E-state index in [1.807, 2.05) is 21.0 Å². The number of hydrazine groups is 1. The van der Waals surface area contributed by atoms with E-state index in [2.05, 4.69) is 15.3 Å². The lowest BCUT2D eigenvalue weighted by atomic mass is 10.3. The molecule has 1 aromatic heterocycles. The second kappa shape index (κ2) is 7.70. The average molecular weight is 265 g/mol. The number of hydrogen-bond acceptors (Lipinski definition) is 5. The Labute approximate surface area is 114 Å². The summed E-state index contributed by atoms with van der Waals surface area (Å²) < 4.78 is 0. The Morgan fingerprint density at radius 3 is 2.68 bits per heavy atom. The second-order valence-corrected chi connectivity index (χ2v) is 4.59. The lowest BCUT2D eigenvalue weighted by Crippen LogP contribution is -2.34. The smallest absolute Gasteiger partial charge is 0.272 e. The molecule has 0 unspecified atom stereocenters. The highest BCUT2D eigenvalue weighted by Crippen LogP contribution is 2.07. The Morgan fingerprint density at radius 2 is 2.11 bits per heavy atom. The quantitative estimate of drug-likeness (QED) is 0.563. The van der Waals surface area contributed by atoms with Gasteiger partial charge in [0.15, 0.2) is 0 Å². The average Bonchev–Trinajstić information content (AvgIpc) is 2.42. The highest BCUT2D eigenvalue weighted by molar-refractivity contribution is 5.92. The van der Waals surface area contributed by atoms with E-state index in [0.29, 0.717) is 18.1 Å². The third-order valence-electron chi connectivity index (χ3n) is 2.82. The van der Waals surface area contributed by atoms with Crippen LogP contribution in [0.3, 0.4) is 0 Å². The first-order valence-electron chi connectivity index (χ1n) is 6.46. The highest BCUT2D eigenvalue weighted by atomic mass is 16.2. The molecule has 0 aliphatic heterocycles. The summed E-state index contributed by atoms with van der Waals surface area (Å²) in [5.74, 6) is 5.74. The van der Waals surface area contributed by atoms with Gasteiger partial charge in [0.25, 0.3) is 5.91 Å². The minimum Gasteiger partial charge on any atom is -0.338 e. The largest absolute Gasteiger partial charge is 0.338 e. The molecule has 0 spiro atoms. The van der Waals surface area contributed by atoms with Gasteiger partial charge in [-0.25, -0.2) is 10.8 Å². The van der Waals surface area contributed by atoms with Gasteiger partial charge in [-0.3, -0.25) is 4.79 Å². The lowest BCUT2D eigenvalue weighted by molar-refractivity contribution is 0.0753. The van der Waals surface area contributed by atoms with Gasteiger partial charge in [-0.1, -0.05) is 6.07 Å². The monoisotopic (exact) mass is 265 g/mol. The standard InChI is InChI=1S/C13H23N5O/c1-4-18(10-6-9-17(2)3)13(19)11-7-5-8-12(15-11)16-14/h5,7-8H,4,6,9-10,14H2,1-3H3,(H,15,16). The van der Waals surface area contributed by atoms with E-state index in [4.69, 9.17) is 5.84 Å². The third-order valence-corrected chi connectivity index (χ3v) is 2.82. The van der Waals surface area contributed by atoms with E-state index < -0.39 is 0 Å². The maximum atomic E-state index is 12.3. The minimum absolute atomic E-state index is 0.0571. The molecular weight excluding hydrogens is 242 g/mol. The number of nitrogens with one attached hydrogen (secondary N) is 1. The van der Waals surface area contributed by atoms with E-state index >= 15 is 0 Å². The molecule has 1 amide bonds. The fraction of sp³-hybridized carbons (Fsp3) is 0.538. The molecule has 1 aromatic rings. The predicted octanol–water partition coefficient (Wildman–Crippen LogP) is 0.781. The summed E-state index contributed by atoms with van der Waals surface area (Å²) in [6, 6.07) is 5.19. The molecule has 6 heteroatoms. The molecule has 1 heterocycles. The van der Waals surface area contributed by atoms with Crippen LogP contribution in [0.5, 0.6) is 0 Å². The number of nitrogens with zero attached hydrogens (tertiary/aromatic N) is 3. The summed E-state index contributed by atoms with van der Waals surface area (Å²) >= 11 is 0. The van der Waals surface area contributed by atoms with E-state index in [1.54, 1.807) is 23.1 Å². The number of anilines is 1. The second-order valence-electron chi connectivity index (χ2n) is 4.59. The SMILES string of the molecule is CCN(CCCN(C)C)C(=O)c1cccc(NN)n1. The molecule has 0 aliphatic rings. The zero-order chi connectivity index (χ0) is 14.3. The van der Waals surface area contributed by atoms with Gasteiger partial charge in [-0.05, 0) is 46.1 Å². The van der Waals surface area contributed by atoms with Gasteiger partial charge in [0.1, 0.15) is 11.5 Å². The summed E-state index contributed by atoms with van der Waals surface area (Å²) in [7, 11) is 4.05. The van der Waals surface area contributed by atoms with Gasteiger partial charge in [0.2, 0.25) is 0 Å². The molecule has 0 fully saturated rings. The molecule has 0 bridgehead atoms. The molecule has 3 N–H and O–H groups in total. The van der Waals surface area contributed by atoms with Crippen LogP contribution in [-0.2, 0) is 0 Å². The van der Waals surface area contributed by atoms with Crippen LogP contribution in [0.15, 0.2) is 18.2 Å². The van der Waals surface area contributed by atoms with Crippen molar-refractivity contribution in [1.29, 1.82) is 0 Å². The highest BCUT2D eigenvalue weighted by Gasteiger charge is 2.15. The maximum Gasteiger partial charge on any atom is 0.272 e. The Kier molecular flexibility index (Phi) is 6.24. The van der Waals surface area contributed by atoms with E-state index in [-0.39, 0.29) is 5.91 Å². The number of pyridine rings is 1. The number of nitrogen functional groups attached to an aromatic ring is 1. The molecule has 0 atom stereocenters. The number of amides is 1. The molecule has 0 aromatic carbocycles. The Hall–Kier alpha value is -1.66. The molecule has 0 radical (unpaired) electrons. The Bertz CT molecular complexity index is 408. The molecule has 0 saturated heterocycles. The lowest BCUT2D eigenvalue weighted by Gasteiger charge is -2.21. The van der Waals surface area contributed by atoms with Crippen LogP contribution in [0.4, 0.5) is 5.82 Å². The van der Waals surface area contributed by atoms with Gasteiger partial charge in [-0.2, -0.15) is 0 Å².